The van der Waals surface area contributed by atoms with Crippen LogP contribution in [0.1, 0.15) is 24.3 Å². The molecule has 6 nitrogen and oxygen atoms in total. The van der Waals surface area contributed by atoms with Crippen LogP contribution in [0.15, 0.2) is 34.9 Å². The summed E-state index contributed by atoms with van der Waals surface area (Å²) in [5, 5.41) is 2.88. The number of likely N-dealkylation sites (N-methyl/N-ethyl adjacent to an activating group) is 1. The standard InChI is InChI=1S/C18H21N3O3/c1-12-3-5-13(6-4-12)15-10-19-17(24-15)8-7-16(22)20-14-9-18(23)21(2)11-14/h3-6,10,14H,7-9,11H2,1-2H3,(H,20,22)/t14-/m0/s1. The molecule has 1 aliphatic rings. The van der Waals surface area contributed by atoms with Gasteiger partial charge in [0.1, 0.15) is 0 Å². The van der Waals surface area contributed by atoms with Gasteiger partial charge in [-0.05, 0) is 6.92 Å². The lowest BCUT2D eigenvalue weighted by atomic mass is 10.1. The van der Waals surface area contributed by atoms with Crippen molar-refractivity contribution in [3.8, 4) is 11.3 Å². The van der Waals surface area contributed by atoms with E-state index in [2.05, 4.69) is 10.3 Å². The maximum absolute atomic E-state index is 12.0. The summed E-state index contributed by atoms with van der Waals surface area (Å²) in [7, 11) is 1.74. The van der Waals surface area contributed by atoms with Crippen molar-refractivity contribution in [2.24, 2.45) is 0 Å². The minimum Gasteiger partial charge on any atom is -0.441 e. The quantitative estimate of drug-likeness (QED) is 0.910. The van der Waals surface area contributed by atoms with E-state index in [1.54, 1.807) is 18.1 Å². The second-order valence-electron chi connectivity index (χ2n) is 6.23. The number of oxazole rings is 1. The molecule has 3 rings (SSSR count). The summed E-state index contributed by atoms with van der Waals surface area (Å²) in [6, 6.07) is 7.91. The lowest BCUT2D eigenvalue weighted by molar-refractivity contribution is -0.126. The Morgan fingerprint density at radius 2 is 2.12 bits per heavy atom. The fraction of sp³-hybridized carbons (Fsp3) is 0.389. The SMILES string of the molecule is Cc1ccc(-c2cnc(CCC(=O)N[C@H]3CC(=O)N(C)C3)o2)cc1. The summed E-state index contributed by atoms with van der Waals surface area (Å²) >= 11 is 0. The average Bonchev–Trinajstić information content (AvgIpc) is 3.13. The highest BCUT2D eigenvalue weighted by Gasteiger charge is 2.27. The lowest BCUT2D eigenvalue weighted by Crippen LogP contribution is -2.36. The van der Waals surface area contributed by atoms with Gasteiger partial charge < -0.3 is 14.6 Å². The zero-order valence-corrected chi connectivity index (χ0v) is 13.9. The average molecular weight is 327 g/mol. The molecule has 1 fully saturated rings. The summed E-state index contributed by atoms with van der Waals surface area (Å²) in [5.41, 5.74) is 2.16. The molecule has 1 aromatic carbocycles. The Morgan fingerprint density at radius 3 is 2.79 bits per heavy atom. The molecule has 1 atom stereocenters. The number of amides is 2. The smallest absolute Gasteiger partial charge is 0.224 e. The minimum absolute atomic E-state index is 0.0655. The zero-order chi connectivity index (χ0) is 17.1. The van der Waals surface area contributed by atoms with Gasteiger partial charge in [0.25, 0.3) is 0 Å². The topological polar surface area (TPSA) is 75.4 Å². The van der Waals surface area contributed by atoms with E-state index >= 15 is 0 Å². The largest absolute Gasteiger partial charge is 0.441 e. The Hall–Kier alpha value is -2.63. The van der Waals surface area contributed by atoms with Crippen LogP contribution in [0.4, 0.5) is 0 Å². The van der Waals surface area contributed by atoms with Crippen molar-refractivity contribution in [2.45, 2.75) is 32.2 Å². The first kappa shape index (κ1) is 16.2. The first-order chi connectivity index (χ1) is 11.5. The van der Waals surface area contributed by atoms with Crippen molar-refractivity contribution in [2.75, 3.05) is 13.6 Å². The van der Waals surface area contributed by atoms with Gasteiger partial charge >= 0.3 is 0 Å². The number of carbonyl (C=O) groups is 2. The lowest BCUT2D eigenvalue weighted by Gasteiger charge is -2.11. The van der Waals surface area contributed by atoms with E-state index < -0.39 is 0 Å². The van der Waals surface area contributed by atoms with E-state index in [1.807, 2.05) is 31.2 Å². The van der Waals surface area contributed by atoms with Crippen molar-refractivity contribution in [3.05, 3.63) is 41.9 Å². The molecule has 0 spiro atoms. The van der Waals surface area contributed by atoms with E-state index in [0.29, 0.717) is 37.5 Å². The molecule has 2 heterocycles. The first-order valence-electron chi connectivity index (χ1n) is 8.06. The van der Waals surface area contributed by atoms with Gasteiger partial charge in [-0.3, -0.25) is 9.59 Å². The predicted octanol–water partition coefficient (Wildman–Crippen LogP) is 1.93. The summed E-state index contributed by atoms with van der Waals surface area (Å²) in [6.45, 7) is 2.60. The molecule has 0 bridgehead atoms. The number of rotatable bonds is 5. The number of hydrogen-bond donors (Lipinski definition) is 1. The fourth-order valence-corrected chi connectivity index (χ4v) is 2.76. The third-order valence-corrected chi connectivity index (χ3v) is 4.16. The molecule has 24 heavy (non-hydrogen) atoms. The molecule has 2 amide bonds. The maximum atomic E-state index is 12.0. The molecule has 0 saturated carbocycles. The van der Waals surface area contributed by atoms with Crippen LogP contribution in [0.25, 0.3) is 11.3 Å². The van der Waals surface area contributed by atoms with Gasteiger partial charge in [-0.2, -0.15) is 0 Å². The Kier molecular flexibility index (Phi) is 4.64. The Morgan fingerprint density at radius 1 is 1.38 bits per heavy atom. The summed E-state index contributed by atoms with van der Waals surface area (Å²) in [4.78, 5) is 29.3. The number of aromatic nitrogens is 1. The van der Waals surface area contributed by atoms with Gasteiger partial charge in [0.2, 0.25) is 11.8 Å². The molecule has 1 aliphatic heterocycles. The van der Waals surface area contributed by atoms with E-state index in [0.717, 1.165) is 5.56 Å². The van der Waals surface area contributed by atoms with Gasteiger partial charge in [-0.1, -0.05) is 29.8 Å². The van der Waals surface area contributed by atoms with Crippen LogP contribution in [0.2, 0.25) is 0 Å². The Labute approximate surface area is 140 Å². The number of nitrogens with zero attached hydrogens (tertiary/aromatic N) is 2. The van der Waals surface area contributed by atoms with Crippen LogP contribution in [0.3, 0.4) is 0 Å². The summed E-state index contributed by atoms with van der Waals surface area (Å²) in [6.07, 6.45) is 2.79. The molecule has 126 valence electrons. The number of carbonyl (C=O) groups excluding carboxylic acids is 2. The first-order valence-corrected chi connectivity index (χ1v) is 8.06. The molecule has 1 saturated heterocycles. The fourth-order valence-electron chi connectivity index (χ4n) is 2.76. The molecular weight excluding hydrogens is 306 g/mol. The van der Waals surface area contributed by atoms with Crippen molar-refractivity contribution in [1.29, 1.82) is 0 Å². The van der Waals surface area contributed by atoms with Crippen molar-refractivity contribution < 1.29 is 14.0 Å². The second-order valence-corrected chi connectivity index (χ2v) is 6.23. The van der Waals surface area contributed by atoms with Crippen LogP contribution < -0.4 is 5.32 Å². The highest BCUT2D eigenvalue weighted by molar-refractivity contribution is 5.82. The van der Waals surface area contributed by atoms with Crippen LogP contribution in [0, 0.1) is 6.92 Å². The molecular formula is C18H21N3O3. The molecule has 0 radical (unpaired) electrons. The van der Waals surface area contributed by atoms with Crippen LogP contribution in [0.5, 0.6) is 0 Å². The van der Waals surface area contributed by atoms with Crippen molar-refractivity contribution in [1.82, 2.24) is 15.2 Å². The highest BCUT2D eigenvalue weighted by Crippen LogP contribution is 2.21. The zero-order valence-electron chi connectivity index (χ0n) is 13.9. The Balaban J connectivity index is 1.51. The molecule has 6 heteroatoms. The molecule has 1 aromatic heterocycles. The minimum atomic E-state index is -0.0947. The predicted molar refractivity (Wildman–Crippen MR) is 89.2 cm³/mol. The number of likely N-dealkylation sites (tertiary alicyclic amines) is 1. The highest BCUT2D eigenvalue weighted by atomic mass is 16.4. The summed E-state index contributed by atoms with van der Waals surface area (Å²) in [5.74, 6) is 1.22. The molecule has 0 unspecified atom stereocenters. The summed E-state index contributed by atoms with van der Waals surface area (Å²) < 4.78 is 5.71. The normalized spacial score (nSPS) is 17.3. The van der Waals surface area contributed by atoms with Crippen molar-refractivity contribution in [3.63, 3.8) is 0 Å². The molecule has 2 aromatic rings. The van der Waals surface area contributed by atoms with Crippen LogP contribution in [-0.2, 0) is 16.0 Å². The van der Waals surface area contributed by atoms with Crippen LogP contribution in [-0.4, -0.2) is 41.3 Å². The maximum Gasteiger partial charge on any atom is 0.224 e. The van der Waals surface area contributed by atoms with E-state index in [9.17, 15) is 9.59 Å². The number of nitrogens with one attached hydrogen (secondary N) is 1. The monoisotopic (exact) mass is 327 g/mol. The third-order valence-electron chi connectivity index (χ3n) is 4.16. The van der Waals surface area contributed by atoms with Crippen molar-refractivity contribution >= 4 is 11.8 Å². The van der Waals surface area contributed by atoms with Gasteiger partial charge in [-0.15, -0.1) is 0 Å². The Bertz CT molecular complexity index is 736. The third kappa shape index (κ3) is 3.82. The number of aryl methyl sites for hydroxylation is 2. The van der Waals surface area contributed by atoms with Gasteiger partial charge in [0.15, 0.2) is 11.7 Å². The van der Waals surface area contributed by atoms with E-state index in [-0.39, 0.29) is 17.9 Å². The van der Waals surface area contributed by atoms with E-state index in [4.69, 9.17) is 4.42 Å². The molecule has 1 N–H and O–H groups in total. The number of hydrogen-bond acceptors (Lipinski definition) is 4. The number of benzene rings is 1. The van der Waals surface area contributed by atoms with Gasteiger partial charge in [0.05, 0.1) is 12.2 Å². The van der Waals surface area contributed by atoms with Crippen LogP contribution >= 0.6 is 0 Å². The molecule has 0 aliphatic carbocycles. The van der Waals surface area contributed by atoms with E-state index in [1.165, 1.54) is 5.56 Å². The van der Waals surface area contributed by atoms with Gasteiger partial charge in [0, 0.05) is 38.4 Å². The second kappa shape index (κ2) is 6.86. The van der Waals surface area contributed by atoms with Gasteiger partial charge in [-0.25, -0.2) is 4.98 Å².